The molecule has 156 valence electrons. The van der Waals surface area contributed by atoms with Crippen LogP contribution in [0.1, 0.15) is 24.0 Å². The summed E-state index contributed by atoms with van der Waals surface area (Å²) in [7, 11) is 0. The predicted octanol–water partition coefficient (Wildman–Crippen LogP) is 2.56. The molecule has 7 nitrogen and oxygen atoms in total. The number of para-hydroxylation sites is 1. The second-order valence-corrected chi connectivity index (χ2v) is 7.41. The number of nitrogens with zero attached hydrogens (tertiary/aromatic N) is 1. The molecule has 2 heterocycles. The molecule has 7 heteroatoms. The van der Waals surface area contributed by atoms with Crippen molar-refractivity contribution in [1.29, 1.82) is 0 Å². The molecule has 2 aliphatic rings. The number of carbonyl (C=O) groups is 2. The molecule has 0 spiro atoms. The Labute approximate surface area is 175 Å². The minimum Gasteiger partial charge on any atom is -0.486 e. The van der Waals surface area contributed by atoms with Gasteiger partial charge in [-0.2, -0.15) is 0 Å². The fraction of sp³-hybridized carbons (Fsp3) is 0.304. The van der Waals surface area contributed by atoms with Gasteiger partial charge in [0.1, 0.15) is 13.2 Å². The number of nitrogens with two attached hydrogens (primary N) is 1. The lowest BCUT2D eigenvalue weighted by Gasteiger charge is -2.23. The fourth-order valence-electron chi connectivity index (χ4n) is 3.85. The molecule has 2 aromatic rings. The van der Waals surface area contributed by atoms with Gasteiger partial charge >= 0.3 is 0 Å². The van der Waals surface area contributed by atoms with E-state index in [4.69, 9.17) is 15.2 Å². The average Bonchev–Trinajstić information content (AvgIpc) is 3.22. The summed E-state index contributed by atoms with van der Waals surface area (Å²) in [5, 5.41) is 2.94. The van der Waals surface area contributed by atoms with Crippen LogP contribution >= 0.6 is 0 Å². The highest BCUT2D eigenvalue weighted by molar-refractivity contribution is 6.02. The molecule has 0 saturated carbocycles. The minimum absolute atomic E-state index is 0.231. The van der Waals surface area contributed by atoms with Gasteiger partial charge in [0.05, 0.1) is 6.04 Å². The van der Waals surface area contributed by atoms with Gasteiger partial charge in [0.25, 0.3) is 0 Å². The molecule has 2 amide bonds. The van der Waals surface area contributed by atoms with Crippen LogP contribution in [0.5, 0.6) is 11.5 Å². The first-order chi connectivity index (χ1) is 14.6. The number of benzene rings is 2. The molecule has 4 rings (SSSR count). The number of hydrogen-bond acceptors (Lipinski definition) is 5. The summed E-state index contributed by atoms with van der Waals surface area (Å²) in [5.41, 5.74) is 8.05. The lowest BCUT2D eigenvalue weighted by atomic mass is 10.1. The molecule has 1 saturated heterocycles. The van der Waals surface area contributed by atoms with Gasteiger partial charge in [-0.05, 0) is 54.8 Å². The van der Waals surface area contributed by atoms with Gasteiger partial charge in [-0.25, -0.2) is 0 Å². The number of primary amides is 1. The van der Waals surface area contributed by atoms with E-state index >= 15 is 0 Å². The fourth-order valence-corrected chi connectivity index (χ4v) is 3.85. The van der Waals surface area contributed by atoms with E-state index in [-0.39, 0.29) is 17.9 Å². The number of amides is 2. The molecule has 1 fully saturated rings. The highest BCUT2D eigenvalue weighted by Gasteiger charge is 2.29. The molecule has 1 unspecified atom stereocenters. The topological polar surface area (TPSA) is 93.9 Å². The molecular weight excluding hydrogens is 382 g/mol. The van der Waals surface area contributed by atoms with Crippen LogP contribution in [0.4, 0.5) is 5.69 Å². The largest absolute Gasteiger partial charge is 0.486 e. The van der Waals surface area contributed by atoms with E-state index < -0.39 is 0 Å². The number of likely N-dealkylation sites (tertiary alicyclic amines) is 1. The standard InChI is InChI=1S/C23H25N3O4/c24-23(28)19-6-3-11-26(19)15-17-4-1-2-5-18(17)25-22(27)10-8-16-7-9-20-21(14-16)30-13-12-29-20/h1-2,4-5,7-10,14,19H,3,6,11-13,15H2,(H2,24,28)(H,25,27)/b10-8+. The SMILES string of the molecule is NC(=O)C1CCCN1Cc1ccccc1NC(=O)/C=C/c1ccc2c(c1)OCCO2. The molecule has 2 aliphatic heterocycles. The first-order valence-corrected chi connectivity index (χ1v) is 10.1. The lowest BCUT2D eigenvalue weighted by molar-refractivity contribution is -0.122. The Balaban J connectivity index is 1.42. The van der Waals surface area contributed by atoms with Crippen LogP contribution in [-0.4, -0.2) is 42.5 Å². The van der Waals surface area contributed by atoms with Gasteiger partial charge in [0, 0.05) is 18.3 Å². The van der Waals surface area contributed by atoms with Crippen LogP contribution < -0.4 is 20.5 Å². The Morgan fingerprint density at radius 1 is 1.13 bits per heavy atom. The van der Waals surface area contributed by atoms with Crippen molar-refractivity contribution in [2.24, 2.45) is 5.73 Å². The second-order valence-electron chi connectivity index (χ2n) is 7.41. The smallest absolute Gasteiger partial charge is 0.248 e. The van der Waals surface area contributed by atoms with Gasteiger partial charge in [-0.3, -0.25) is 14.5 Å². The van der Waals surface area contributed by atoms with Crippen molar-refractivity contribution in [2.75, 3.05) is 25.1 Å². The Hall–Kier alpha value is -3.32. The zero-order valence-electron chi connectivity index (χ0n) is 16.7. The monoisotopic (exact) mass is 407 g/mol. The van der Waals surface area contributed by atoms with E-state index in [1.54, 1.807) is 6.08 Å². The molecule has 0 radical (unpaired) electrons. The number of fused-ring (bicyclic) bond motifs is 1. The van der Waals surface area contributed by atoms with Crippen molar-refractivity contribution in [3.63, 3.8) is 0 Å². The maximum absolute atomic E-state index is 12.5. The number of ether oxygens (including phenoxy) is 2. The number of nitrogens with one attached hydrogen (secondary N) is 1. The summed E-state index contributed by atoms with van der Waals surface area (Å²) in [4.78, 5) is 26.2. The molecule has 0 aromatic heterocycles. The summed E-state index contributed by atoms with van der Waals surface area (Å²) in [5.74, 6) is 0.873. The molecule has 0 aliphatic carbocycles. The van der Waals surface area contributed by atoms with Gasteiger partial charge in [0.2, 0.25) is 11.8 Å². The Bertz CT molecular complexity index is 973. The molecular formula is C23H25N3O4. The van der Waals surface area contributed by atoms with Crippen molar-refractivity contribution in [2.45, 2.75) is 25.4 Å². The quantitative estimate of drug-likeness (QED) is 0.718. The maximum atomic E-state index is 12.5. The summed E-state index contributed by atoms with van der Waals surface area (Å²) in [6, 6.07) is 12.9. The molecule has 0 bridgehead atoms. The molecule has 3 N–H and O–H groups in total. The van der Waals surface area contributed by atoms with Crippen LogP contribution in [0.15, 0.2) is 48.5 Å². The number of rotatable bonds is 6. The predicted molar refractivity (Wildman–Crippen MR) is 114 cm³/mol. The van der Waals surface area contributed by atoms with Crippen molar-refractivity contribution in [3.05, 3.63) is 59.7 Å². The van der Waals surface area contributed by atoms with Gasteiger partial charge in [0.15, 0.2) is 11.5 Å². The summed E-state index contributed by atoms with van der Waals surface area (Å²) in [6.45, 7) is 2.45. The highest BCUT2D eigenvalue weighted by Crippen LogP contribution is 2.31. The number of anilines is 1. The van der Waals surface area contributed by atoms with Crippen molar-refractivity contribution < 1.29 is 19.1 Å². The average molecular weight is 407 g/mol. The number of hydrogen-bond donors (Lipinski definition) is 2. The lowest BCUT2D eigenvalue weighted by Crippen LogP contribution is -2.39. The first kappa shape index (κ1) is 20.0. The third-order valence-corrected chi connectivity index (χ3v) is 5.33. The second kappa shape index (κ2) is 9.00. The van der Waals surface area contributed by atoms with Crippen molar-refractivity contribution >= 4 is 23.6 Å². The first-order valence-electron chi connectivity index (χ1n) is 10.1. The Morgan fingerprint density at radius 3 is 2.77 bits per heavy atom. The Kier molecular flexibility index (Phi) is 5.99. The normalized spacial score (nSPS) is 18.5. The zero-order valence-corrected chi connectivity index (χ0v) is 16.7. The summed E-state index contributed by atoms with van der Waals surface area (Å²) >= 11 is 0. The molecule has 1 atom stereocenters. The van der Waals surface area contributed by atoms with E-state index in [2.05, 4.69) is 10.2 Å². The van der Waals surface area contributed by atoms with Crippen LogP contribution in [0.2, 0.25) is 0 Å². The third kappa shape index (κ3) is 4.63. The molecule has 30 heavy (non-hydrogen) atoms. The summed E-state index contributed by atoms with van der Waals surface area (Å²) in [6.07, 6.45) is 4.95. The Morgan fingerprint density at radius 2 is 1.93 bits per heavy atom. The van der Waals surface area contributed by atoms with Gasteiger partial charge < -0.3 is 20.5 Å². The summed E-state index contributed by atoms with van der Waals surface area (Å²) < 4.78 is 11.1. The van der Waals surface area contributed by atoms with E-state index in [9.17, 15) is 9.59 Å². The van der Waals surface area contributed by atoms with E-state index in [1.807, 2.05) is 42.5 Å². The van der Waals surface area contributed by atoms with E-state index in [1.165, 1.54) is 6.08 Å². The van der Waals surface area contributed by atoms with Gasteiger partial charge in [-0.15, -0.1) is 0 Å². The maximum Gasteiger partial charge on any atom is 0.248 e. The molecule has 2 aromatic carbocycles. The van der Waals surface area contributed by atoms with Crippen LogP contribution in [0.25, 0.3) is 6.08 Å². The highest BCUT2D eigenvalue weighted by atomic mass is 16.6. The minimum atomic E-state index is -0.295. The van der Waals surface area contributed by atoms with Crippen LogP contribution in [0, 0.1) is 0 Å². The van der Waals surface area contributed by atoms with Crippen molar-refractivity contribution in [3.8, 4) is 11.5 Å². The van der Waals surface area contributed by atoms with Gasteiger partial charge in [-0.1, -0.05) is 24.3 Å². The van der Waals surface area contributed by atoms with E-state index in [0.717, 1.165) is 36.2 Å². The van der Waals surface area contributed by atoms with E-state index in [0.29, 0.717) is 31.3 Å². The van der Waals surface area contributed by atoms with Crippen molar-refractivity contribution in [1.82, 2.24) is 4.90 Å². The zero-order chi connectivity index (χ0) is 20.9. The van der Waals surface area contributed by atoms with Crippen LogP contribution in [0.3, 0.4) is 0 Å². The van der Waals surface area contributed by atoms with Crippen LogP contribution in [-0.2, 0) is 16.1 Å². The third-order valence-electron chi connectivity index (χ3n) is 5.33. The number of carbonyl (C=O) groups excluding carboxylic acids is 2.